The van der Waals surface area contributed by atoms with Gasteiger partial charge in [0.2, 0.25) is 5.91 Å². The third kappa shape index (κ3) is 9.00. The van der Waals surface area contributed by atoms with Crippen molar-refractivity contribution in [1.82, 2.24) is 5.32 Å². The van der Waals surface area contributed by atoms with E-state index in [4.69, 9.17) is 20.9 Å². The van der Waals surface area contributed by atoms with Gasteiger partial charge in [0.15, 0.2) is 5.79 Å². The zero-order chi connectivity index (χ0) is 11.7. The fourth-order valence-corrected chi connectivity index (χ4v) is 1.02. The second kappa shape index (κ2) is 8.22. The molecule has 0 aliphatic rings. The average Bonchev–Trinajstić information content (AvgIpc) is 2.16. The summed E-state index contributed by atoms with van der Waals surface area (Å²) in [4.78, 5) is 11.0. The molecule has 0 aromatic heterocycles. The summed E-state index contributed by atoms with van der Waals surface area (Å²) in [5, 5.41) is 2.44. The molecule has 1 amide bonds. The molecule has 0 heterocycles. The molecule has 0 spiro atoms. The number of hydrogen-bond donors (Lipinski definition) is 3. The number of rotatable bonds is 8. The highest BCUT2D eigenvalue weighted by Gasteiger charge is 2.21. The van der Waals surface area contributed by atoms with Gasteiger partial charge in [0, 0.05) is 6.61 Å². The highest BCUT2D eigenvalue weighted by Crippen LogP contribution is 1.90. The van der Waals surface area contributed by atoms with Crippen LogP contribution in [0.25, 0.3) is 0 Å². The van der Waals surface area contributed by atoms with E-state index in [-0.39, 0.29) is 12.5 Å². The quantitative estimate of drug-likeness (QED) is 0.233. The van der Waals surface area contributed by atoms with E-state index in [2.05, 4.69) is 5.32 Å². The smallest absolute Gasteiger partial charge is 0.232 e. The summed E-state index contributed by atoms with van der Waals surface area (Å²) in [6.07, 6.45) is 0. The maximum absolute atomic E-state index is 11.0. The van der Waals surface area contributed by atoms with Gasteiger partial charge < -0.3 is 14.8 Å². The lowest BCUT2D eigenvalue weighted by Gasteiger charge is -2.25. The normalized spacial score (nSPS) is 11.5. The van der Waals surface area contributed by atoms with Crippen molar-refractivity contribution in [3.8, 4) is 0 Å². The molecule has 0 aromatic carbocycles. The van der Waals surface area contributed by atoms with Crippen molar-refractivity contribution in [3.63, 3.8) is 0 Å². The van der Waals surface area contributed by atoms with Gasteiger partial charge in [-0.1, -0.05) is 22.6 Å². The number of nitrogens with two attached hydrogens (primary N) is 2. The maximum atomic E-state index is 11.0. The summed E-state index contributed by atoms with van der Waals surface area (Å²) in [7, 11) is 0. The number of nitrogens with one attached hydrogen (secondary N) is 1. The van der Waals surface area contributed by atoms with Crippen molar-refractivity contribution < 1.29 is 14.3 Å². The molecule has 90 valence electrons. The summed E-state index contributed by atoms with van der Waals surface area (Å²) in [6, 6.07) is 0. The SMILES string of the molecule is CCOCCOCC(N)(N)NC(=O)CI. The van der Waals surface area contributed by atoms with Crippen LogP contribution in [0.1, 0.15) is 6.92 Å². The highest BCUT2D eigenvalue weighted by molar-refractivity contribution is 14.1. The van der Waals surface area contributed by atoms with Crippen molar-refractivity contribution in [2.45, 2.75) is 12.7 Å². The Morgan fingerprint density at radius 3 is 2.53 bits per heavy atom. The molecule has 0 aliphatic heterocycles. The third-order valence-corrected chi connectivity index (χ3v) is 2.10. The van der Waals surface area contributed by atoms with Crippen molar-refractivity contribution in [1.29, 1.82) is 0 Å². The summed E-state index contributed by atoms with van der Waals surface area (Å²) in [5.41, 5.74) is 11.2. The Balaban J connectivity index is 3.59. The van der Waals surface area contributed by atoms with Gasteiger partial charge in [-0.15, -0.1) is 0 Å². The number of carbonyl (C=O) groups is 1. The Hall–Kier alpha value is 0.0400. The fourth-order valence-electron chi connectivity index (χ4n) is 0.832. The largest absolute Gasteiger partial charge is 0.379 e. The highest BCUT2D eigenvalue weighted by atomic mass is 127. The van der Waals surface area contributed by atoms with Gasteiger partial charge in [-0.05, 0) is 6.92 Å². The number of ether oxygens (including phenoxy) is 2. The minimum Gasteiger partial charge on any atom is -0.379 e. The fraction of sp³-hybridized carbons (Fsp3) is 0.875. The van der Waals surface area contributed by atoms with Crippen LogP contribution in [0, 0.1) is 0 Å². The minimum absolute atomic E-state index is 0.0580. The van der Waals surface area contributed by atoms with Crippen molar-refractivity contribution in [2.75, 3.05) is 30.9 Å². The Morgan fingerprint density at radius 1 is 1.40 bits per heavy atom. The molecule has 0 fully saturated rings. The number of hydrogen-bond acceptors (Lipinski definition) is 5. The van der Waals surface area contributed by atoms with Crippen LogP contribution in [-0.2, 0) is 14.3 Å². The van der Waals surface area contributed by atoms with Gasteiger partial charge in [-0.25, -0.2) is 0 Å². The number of halogens is 1. The monoisotopic (exact) mass is 331 g/mol. The van der Waals surface area contributed by atoms with Crippen molar-refractivity contribution in [2.24, 2.45) is 11.5 Å². The molecule has 0 unspecified atom stereocenters. The van der Waals surface area contributed by atoms with Gasteiger partial charge in [-0.3, -0.25) is 16.3 Å². The number of carbonyl (C=O) groups excluding carboxylic acids is 1. The van der Waals surface area contributed by atoms with E-state index >= 15 is 0 Å². The van der Waals surface area contributed by atoms with E-state index in [1.54, 1.807) is 0 Å². The summed E-state index contributed by atoms with van der Waals surface area (Å²) in [6.45, 7) is 3.50. The van der Waals surface area contributed by atoms with Crippen LogP contribution in [0.3, 0.4) is 0 Å². The van der Waals surface area contributed by atoms with E-state index in [1.165, 1.54) is 0 Å². The Kier molecular flexibility index (Phi) is 8.24. The second-order valence-electron chi connectivity index (χ2n) is 2.97. The molecule has 15 heavy (non-hydrogen) atoms. The minimum atomic E-state index is -1.31. The predicted octanol–water partition coefficient (Wildman–Crippen LogP) is -0.838. The van der Waals surface area contributed by atoms with Crippen LogP contribution in [0.4, 0.5) is 0 Å². The molecule has 6 nitrogen and oxygen atoms in total. The first kappa shape index (κ1) is 15.0. The standard InChI is InChI=1S/C8H18IN3O3/c1-2-14-3-4-15-6-8(10,11)12-7(13)5-9/h2-6,10-11H2,1H3,(H,12,13). The lowest BCUT2D eigenvalue weighted by molar-refractivity contribution is -0.121. The first-order valence-electron chi connectivity index (χ1n) is 4.62. The molecule has 0 saturated heterocycles. The summed E-state index contributed by atoms with van der Waals surface area (Å²) < 4.78 is 10.5. The zero-order valence-electron chi connectivity index (χ0n) is 8.79. The van der Waals surface area contributed by atoms with Gasteiger partial charge in [0.05, 0.1) is 24.2 Å². The molecule has 0 atom stereocenters. The van der Waals surface area contributed by atoms with E-state index in [0.29, 0.717) is 24.2 Å². The van der Waals surface area contributed by atoms with Crippen LogP contribution in [-0.4, -0.2) is 42.5 Å². The van der Waals surface area contributed by atoms with Gasteiger partial charge in [-0.2, -0.15) is 0 Å². The van der Waals surface area contributed by atoms with Crippen LogP contribution < -0.4 is 16.8 Å². The summed E-state index contributed by atoms with van der Waals surface area (Å²) in [5.74, 6) is -1.52. The lowest BCUT2D eigenvalue weighted by Crippen LogP contribution is -2.66. The third-order valence-electron chi connectivity index (χ3n) is 1.41. The molecule has 0 aliphatic carbocycles. The first-order chi connectivity index (χ1) is 7.02. The summed E-state index contributed by atoms with van der Waals surface area (Å²) >= 11 is 1.93. The van der Waals surface area contributed by atoms with Gasteiger partial charge >= 0.3 is 0 Å². The van der Waals surface area contributed by atoms with Crippen LogP contribution in [0.5, 0.6) is 0 Å². The average molecular weight is 331 g/mol. The molecular weight excluding hydrogens is 313 g/mol. The van der Waals surface area contributed by atoms with Crippen molar-refractivity contribution >= 4 is 28.5 Å². The molecule has 7 heteroatoms. The lowest BCUT2D eigenvalue weighted by atomic mass is 10.4. The van der Waals surface area contributed by atoms with Crippen LogP contribution >= 0.6 is 22.6 Å². The maximum Gasteiger partial charge on any atom is 0.232 e. The topological polar surface area (TPSA) is 99.6 Å². The van der Waals surface area contributed by atoms with E-state index in [9.17, 15) is 4.79 Å². The first-order valence-corrected chi connectivity index (χ1v) is 6.14. The Bertz CT molecular complexity index is 190. The van der Waals surface area contributed by atoms with E-state index < -0.39 is 5.79 Å². The molecular formula is C8H18IN3O3. The van der Waals surface area contributed by atoms with E-state index in [0.717, 1.165) is 0 Å². The molecule has 0 rings (SSSR count). The van der Waals surface area contributed by atoms with E-state index in [1.807, 2.05) is 29.5 Å². The van der Waals surface area contributed by atoms with Crippen molar-refractivity contribution in [3.05, 3.63) is 0 Å². The number of alkyl halides is 1. The predicted molar refractivity (Wildman–Crippen MR) is 65.4 cm³/mol. The molecule has 0 aromatic rings. The second-order valence-corrected chi connectivity index (χ2v) is 3.73. The Morgan fingerprint density at radius 2 is 2.00 bits per heavy atom. The molecule has 0 radical (unpaired) electrons. The van der Waals surface area contributed by atoms with Crippen LogP contribution in [0.2, 0.25) is 0 Å². The Labute approximate surface area is 103 Å². The van der Waals surface area contributed by atoms with Gasteiger partial charge in [0.25, 0.3) is 0 Å². The molecule has 0 saturated carbocycles. The van der Waals surface area contributed by atoms with Gasteiger partial charge in [0.1, 0.15) is 0 Å². The zero-order valence-corrected chi connectivity index (χ0v) is 11.0. The number of amides is 1. The molecule has 5 N–H and O–H groups in total. The molecule has 0 bridgehead atoms. The van der Waals surface area contributed by atoms with Crippen LogP contribution in [0.15, 0.2) is 0 Å².